The second kappa shape index (κ2) is 8.30. The summed E-state index contributed by atoms with van der Waals surface area (Å²) in [5.41, 5.74) is 0.873. The zero-order valence-corrected chi connectivity index (χ0v) is 14.0. The third-order valence-corrected chi connectivity index (χ3v) is 4.23. The molecule has 0 radical (unpaired) electrons. The summed E-state index contributed by atoms with van der Waals surface area (Å²) in [7, 11) is 0. The molecule has 0 saturated carbocycles. The lowest BCUT2D eigenvalue weighted by Gasteiger charge is -2.03. The SMILES string of the molecule is N#CC(N=Cc1ccccc1)=C(C#N)NCc1sc(Cl)nc1Cl. The second-order valence-corrected chi connectivity index (χ2v) is 6.17. The minimum absolute atomic E-state index is 0.0110. The van der Waals surface area contributed by atoms with Crippen molar-refractivity contribution in [2.45, 2.75) is 6.54 Å². The van der Waals surface area contributed by atoms with E-state index in [1.807, 2.05) is 42.5 Å². The number of nitrogens with zero attached hydrogens (tertiary/aromatic N) is 4. The number of aromatic nitrogens is 1. The highest BCUT2D eigenvalue weighted by atomic mass is 35.5. The van der Waals surface area contributed by atoms with Crippen LogP contribution in [0.5, 0.6) is 0 Å². The van der Waals surface area contributed by atoms with Gasteiger partial charge in [0.1, 0.15) is 17.3 Å². The zero-order chi connectivity index (χ0) is 16.7. The fraction of sp³-hybridized carbons (Fsp3) is 0.0667. The summed E-state index contributed by atoms with van der Waals surface area (Å²) in [4.78, 5) is 8.61. The molecule has 0 amide bonds. The number of thiazole rings is 1. The van der Waals surface area contributed by atoms with Crippen molar-refractivity contribution < 1.29 is 0 Å². The van der Waals surface area contributed by atoms with Gasteiger partial charge in [0.15, 0.2) is 15.9 Å². The minimum atomic E-state index is -0.0110. The summed E-state index contributed by atoms with van der Waals surface area (Å²) in [6, 6.07) is 13.1. The topological polar surface area (TPSA) is 84.9 Å². The van der Waals surface area contributed by atoms with Gasteiger partial charge in [-0.2, -0.15) is 10.5 Å². The summed E-state index contributed by atoms with van der Waals surface area (Å²) in [5, 5.41) is 21.5. The van der Waals surface area contributed by atoms with Gasteiger partial charge in [0.2, 0.25) is 0 Å². The van der Waals surface area contributed by atoms with Gasteiger partial charge in [0, 0.05) is 6.21 Å². The van der Waals surface area contributed by atoms with E-state index < -0.39 is 0 Å². The number of nitrogens with one attached hydrogen (secondary N) is 1. The van der Waals surface area contributed by atoms with Crippen molar-refractivity contribution in [3.63, 3.8) is 0 Å². The third kappa shape index (κ3) is 4.80. The third-order valence-electron chi connectivity index (χ3n) is 2.65. The molecule has 0 aliphatic carbocycles. The highest BCUT2D eigenvalue weighted by Crippen LogP contribution is 2.26. The minimum Gasteiger partial charge on any atom is -0.369 e. The lowest BCUT2D eigenvalue weighted by atomic mass is 10.2. The Morgan fingerprint density at radius 1 is 1.26 bits per heavy atom. The molecule has 0 atom stereocenters. The molecule has 1 aromatic carbocycles. The molecule has 1 aromatic heterocycles. The number of nitriles is 2. The molecule has 5 nitrogen and oxygen atoms in total. The number of aliphatic imine (C=N–C) groups is 1. The first-order chi connectivity index (χ1) is 11.1. The zero-order valence-electron chi connectivity index (χ0n) is 11.6. The molecular weight excluding hydrogens is 353 g/mol. The maximum Gasteiger partial charge on any atom is 0.185 e. The summed E-state index contributed by atoms with van der Waals surface area (Å²) in [6.45, 7) is 0.234. The molecule has 1 heterocycles. The average Bonchev–Trinajstić information content (AvgIpc) is 2.89. The van der Waals surface area contributed by atoms with Crippen LogP contribution in [0.25, 0.3) is 0 Å². The molecular formula is C15H9Cl2N5S. The van der Waals surface area contributed by atoms with Gasteiger partial charge < -0.3 is 5.32 Å². The van der Waals surface area contributed by atoms with Crippen LogP contribution in [0.4, 0.5) is 0 Å². The predicted octanol–water partition coefficient (Wildman–Crippen LogP) is 3.92. The number of hydrogen-bond donors (Lipinski definition) is 1. The Labute approximate surface area is 147 Å². The molecule has 0 spiro atoms. The van der Waals surface area contributed by atoms with Crippen LogP contribution in [0.2, 0.25) is 9.62 Å². The maximum atomic E-state index is 9.21. The molecule has 0 aliphatic heterocycles. The van der Waals surface area contributed by atoms with Gasteiger partial charge in [-0.15, -0.1) is 11.3 Å². The van der Waals surface area contributed by atoms with E-state index in [1.54, 1.807) is 0 Å². The largest absolute Gasteiger partial charge is 0.369 e. The van der Waals surface area contributed by atoms with E-state index in [0.717, 1.165) is 5.56 Å². The fourth-order valence-corrected chi connectivity index (χ4v) is 2.93. The van der Waals surface area contributed by atoms with Gasteiger partial charge >= 0.3 is 0 Å². The second-order valence-electron chi connectivity index (χ2n) is 4.15. The molecule has 1 N–H and O–H groups in total. The Morgan fingerprint density at radius 3 is 2.57 bits per heavy atom. The maximum absolute atomic E-state index is 9.21. The lowest BCUT2D eigenvalue weighted by molar-refractivity contribution is 0.839. The molecule has 114 valence electrons. The van der Waals surface area contributed by atoms with Crippen LogP contribution in [0.15, 0.2) is 46.7 Å². The van der Waals surface area contributed by atoms with Crippen molar-refractivity contribution in [2.24, 2.45) is 4.99 Å². The van der Waals surface area contributed by atoms with E-state index in [9.17, 15) is 10.5 Å². The Morgan fingerprint density at radius 2 is 2.00 bits per heavy atom. The van der Waals surface area contributed by atoms with Crippen molar-refractivity contribution in [1.29, 1.82) is 10.5 Å². The molecule has 0 bridgehead atoms. The molecule has 8 heteroatoms. The van der Waals surface area contributed by atoms with Crippen LogP contribution < -0.4 is 5.32 Å². The Bertz CT molecular complexity index is 828. The van der Waals surface area contributed by atoms with Crippen LogP contribution >= 0.6 is 34.5 Å². The van der Waals surface area contributed by atoms with Crippen LogP contribution in [-0.4, -0.2) is 11.2 Å². The van der Waals surface area contributed by atoms with Crippen LogP contribution in [-0.2, 0) is 6.54 Å². The predicted molar refractivity (Wildman–Crippen MR) is 91.3 cm³/mol. The van der Waals surface area contributed by atoms with E-state index >= 15 is 0 Å². The van der Waals surface area contributed by atoms with Crippen LogP contribution in [0.3, 0.4) is 0 Å². The summed E-state index contributed by atoms with van der Waals surface area (Å²) >= 11 is 12.9. The fourth-order valence-electron chi connectivity index (χ4n) is 1.59. The van der Waals surface area contributed by atoms with E-state index in [1.165, 1.54) is 17.6 Å². The Hall–Kier alpha value is -2.38. The van der Waals surface area contributed by atoms with Gasteiger partial charge in [-0.05, 0) is 5.56 Å². The van der Waals surface area contributed by atoms with Gasteiger partial charge in [-0.3, -0.25) is 0 Å². The molecule has 0 fully saturated rings. The van der Waals surface area contributed by atoms with Gasteiger partial charge in [0.25, 0.3) is 0 Å². The summed E-state index contributed by atoms with van der Waals surface area (Å²) in [5.74, 6) is 0. The van der Waals surface area contributed by atoms with Gasteiger partial charge in [-0.1, -0.05) is 53.5 Å². The lowest BCUT2D eigenvalue weighted by Crippen LogP contribution is -2.12. The van der Waals surface area contributed by atoms with Crippen LogP contribution in [0.1, 0.15) is 10.4 Å². The Kier molecular flexibility index (Phi) is 6.13. The van der Waals surface area contributed by atoms with Crippen molar-refractivity contribution in [3.05, 3.63) is 61.8 Å². The molecule has 0 aliphatic rings. The normalized spacial score (nSPS) is 11.7. The number of hydrogen-bond acceptors (Lipinski definition) is 6. The average molecular weight is 362 g/mol. The molecule has 2 rings (SSSR count). The van der Waals surface area contributed by atoms with E-state index in [4.69, 9.17) is 23.2 Å². The summed E-state index contributed by atoms with van der Waals surface area (Å²) < 4.78 is 0.317. The van der Waals surface area contributed by atoms with Crippen LogP contribution in [0, 0.1) is 22.7 Å². The summed E-state index contributed by atoms with van der Waals surface area (Å²) in [6.07, 6.45) is 1.52. The van der Waals surface area contributed by atoms with Crippen molar-refractivity contribution in [3.8, 4) is 12.1 Å². The first kappa shape index (κ1) is 17.0. The first-order valence-corrected chi connectivity index (χ1v) is 7.89. The molecule has 23 heavy (non-hydrogen) atoms. The Balaban J connectivity index is 2.16. The number of allylic oxidation sites excluding steroid dienone is 2. The number of rotatable bonds is 5. The highest BCUT2D eigenvalue weighted by Gasteiger charge is 2.10. The standard InChI is InChI=1S/C15H9Cl2N5S/c16-14-13(23-15(17)22-14)9-21-12(7-19)11(6-18)20-8-10-4-2-1-3-5-10/h1-5,8,21H,9H2. The van der Waals surface area contributed by atoms with Crippen molar-refractivity contribution in [2.75, 3.05) is 0 Å². The molecule has 2 aromatic rings. The number of benzene rings is 1. The quantitative estimate of drug-likeness (QED) is 0.645. The highest BCUT2D eigenvalue weighted by molar-refractivity contribution is 7.16. The van der Waals surface area contributed by atoms with Gasteiger partial charge in [-0.25, -0.2) is 9.98 Å². The monoisotopic (exact) mass is 361 g/mol. The number of halogens is 2. The van der Waals surface area contributed by atoms with Crippen molar-refractivity contribution in [1.82, 2.24) is 10.3 Å². The first-order valence-electron chi connectivity index (χ1n) is 6.32. The van der Waals surface area contributed by atoms with Crippen molar-refractivity contribution >= 4 is 40.8 Å². The molecule has 0 unspecified atom stereocenters. The van der Waals surface area contributed by atoms with Gasteiger partial charge in [0.05, 0.1) is 11.4 Å². The van der Waals surface area contributed by atoms with E-state index in [0.29, 0.717) is 9.34 Å². The van der Waals surface area contributed by atoms with E-state index in [-0.39, 0.29) is 23.1 Å². The molecule has 0 saturated heterocycles. The smallest absolute Gasteiger partial charge is 0.185 e. The van der Waals surface area contributed by atoms with E-state index in [2.05, 4.69) is 15.3 Å².